The number of carboxylic acid groups (broad SMARTS) is 1. The molecule has 156 valence electrons. The van der Waals surface area contributed by atoms with Crippen LogP contribution in [0.25, 0.3) is 10.8 Å². The fourth-order valence-electron chi connectivity index (χ4n) is 4.42. The van der Waals surface area contributed by atoms with Crippen molar-refractivity contribution in [2.24, 2.45) is 0 Å². The first-order valence-corrected chi connectivity index (χ1v) is 10.4. The molecule has 3 aromatic rings. The smallest absolute Gasteiger partial charge is 0.341 e. The minimum Gasteiger partial charge on any atom is -0.482 e. The third-order valence-corrected chi connectivity index (χ3v) is 5.93. The van der Waals surface area contributed by atoms with E-state index in [1.54, 1.807) is 6.07 Å². The van der Waals surface area contributed by atoms with Crippen molar-refractivity contribution in [2.45, 2.75) is 37.6 Å². The summed E-state index contributed by atoms with van der Waals surface area (Å²) < 4.78 is 19.2. The Morgan fingerprint density at radius 3 is 2.60 bits per heavy atom. The lowest BCUT2D eigenvalue weighted by Gasteiger charge is -2.15. The van der Waals surface area contributed by atoms with Gasteiger partial charge in [-0.2, -0.15) is 0 Å². The lowest BCUT2D eigenvalue weighted by Crippen LogP contribution is -2.28. The van der Waals surface area contributed by atoms with Crippen LogP contribution in [0.5, 0.6) is 5.75 Å². The number of hydrogen-bond acceptors (Lipinski definition) is 3. The Morgan fingerprint density at radius 1 is 1.03 bits per heavy atom. The molecule has 0 radical (unpaired) electrons. The van der Waals surface area contributed by atoms with Crippen molar-refractivity contribution in [1.29, 1.82) is 0 Å². The van der Waals surface area contributed by atoms with E-state index >= 15 is 0 Å². The molecule has 0 spiro atoms. The van der Waals surface area contributed by atoms with Crippen molar-refractivity contribution in [2.75, 3.05) is 13.2 Å². The highest BCUT2D eigenvalue weighted by Crippen LogP contribution is 2.35. The summed E-state index contributed by atoms with van der Waals surface area (Å²) in [7, 11) is 0. The lowest BCUT2D eigenvalue weighted by molar-refractivity contribution is -0.139. The monoisotopic (exact) mass is 407 g/mol. The van der Waals surface area contributed by atoms with E-state index in [1.807, 2.05) is 42.5 Å². The molecular formula is C25H26FNO3. The van der Waals surface area contributed by atoms with Gasteiger partial charge in [0.1, 0.15) is 11.6 Å². The van der Waals surface area contributed by atoms with Gasteiger partial charge in [0.15, 0.2) is 6.61 Å². The molecule has 1 fully saturated rings. The Morgan fingerprint density at radius 2 is 1.80 bits per heavy atom. The Balaban J connectivity index is 1.29. The lowest BCUT2D eigenvalue weighted by atomic mass is 9.97. The van der Waals surface area contributed by atoms with Crippen LogP contribution in [0.1, 0.15) is 36.3 Å². The van der Waals surface area contributed by atoms with Gasteiger partial charge in [0.2, 0.25) is 0 Å². The van der Waals surface area contributed by atoms with E-state index in [4.69, 9.17) is 9.84 Å². The highest BCUT2D eigenvalue weighted by Gasteiger charge is 2.25. The van der Waals surface area contributed by atoms with Crippen LogP contribution in [0, 0.1) is 5.82 Å². The Hall–Kier alpha value is -2.92. The number of rotatable bonds is 8. The third kappa shape index (κ3) is 4.79. The Labute approximate surface area is 175 Å². The first-order chi connectivity index (χ1) is 14.6. The number of halogens is 1. The molecule has 0 heterocycles. The van der Waals surface area contributed by atoms with Crippen LogP contribution in [0.3, 0.4) is 0 Å². The second kappa shape index (κ2) is 9.26. The fourth-order valence-corrected chi connectivity index (χ4v) is 4.42. The molecule has 0 aromatic heterocycles. The molecule has 1 aliphatic carbocycles. The van der Waals surface area contributed by atoms with Crippen LogP contribution in [-0.4, -0.2) is 30.3 Å². The molecular weight excluding hydrogens is 381 g/mol. The highest BCUT2D eigenvalue weighted by atomic mass is 19.1. The molecule has 0 amide bonds. The maximum atomic E-state index is 14.0. The van der Waals surface area contributed by atoms with Crippen molar-refractivity contribution in [1.82, 2.24) is 5.32 Å². The number of fused-ring (bicyclic) bond motifs is 1. The van der Waals surface area contributed by atoms with E-state index in [1.165, 1.54) is 17.2 Å². The average molecular weight is 407 g/mol. The summed E-state index contributed by atoms with van der Waals surface area (Å²) in [6, 6.07) is 19.4. The molecule has 0 aliphatic heterocycles. The Bertz CT molecular complexity index is 1020. The highest BCUT2D eigenvalue weighted by molar-refractivity contribution is 5.86. The van der Waals surface area contributed by atoms with Gasteiger partial charge in [-0.05, 0) is 72.9 Å². The standard InChI is InChI=1S/C25H26FNO3/c26-24-6-2-4-22-18(3-1-5-23(22)24)13-14-27-20-10-7-19(15-20)17-8-11-21(12-9-17)30-16-25(28)29/h1-6,8-9,11-12,19-20,27H,7,10,13-16H2,(H,28,29). The van der Waals surface area contributed by atoms with E-state index in [-0.39, 0.29) is 12.4 Å². The van der Waals surface area contributed by atoms with Crippen molar-refractivity contribution in [3.63, 3.8) is 0 Å². The van der Waals surface area contributed by atoms with Crippen molar-refractivity contribution in [3.8, 4) is 5.75 Å². The molecule has 30 heavy (non-hydrogen) atoms. The van der Waals surface area contributed by atoms with Crippen LogP contribution < -0.4 is 10.1 Å². The maximum Gasteiger partial charge on any atom is 0.341 e. The summed E-state index contributed by atoms with van der Waals surface area (Å²) in [4.78, 5) is 10.6. The second-order valence-electron chi connectivity index (χ2n) is 7.91. The number of carboxylic acids is 1. The van der Waals surface area contributed by atoms with Crippen molar-refractivity contribution < 1.29 is 19.0 Å². The number of benzene rings is 3. The van der Waals surface area contributed by atoms with E-state index in [9.17, 15) is 9.18 Å². The summed E-state index contributed by atoms with van der Waals surface area (Å²) >= 11 is 0. The van der Waals surface area contributed by atoms with Gasteiger partial charge >= 0.3 is 5.97 Å². The molecule has 0 saturated heterocycles. The van der Waals surface area contributed by atoms with E-state index in [0.29, 0.717) is 23.1 Å². The SMILES string of the molecule is O=C(O)COc1ccc(C2CCC(NCCc3cccc4c(F)cccc34)C2)cc1. The predicted molar refractivity (Wildman–Crippen MR) is 116 cm³/mol. The van der Waals surface area contributed by atoms with Gasteiger partial charge in [0.05, 0.1) is 0 Å². The first kappa shape index (κ1) is 20.4. The summed E-state index contributed by atoms with van der Waals surface area (Å²) in [6.07, 6.45) is 4.22. The van der Waals surface area contributed by atoms with Gasteiger partial charge in [-0.1, -0.05) is 42.5 Å². The number of aliphatic carboxylic acids is 1. The summed E-state index contributed by atoms with van der Waals surface area (Å²) in [5, 5.41) is 14.0. The normalized spacial score (nSPS) is 18.6. The molecule has 4 nitrogen and oxygen atoms in total. The minimum absolute atomic E-state index is 0.166. The Kier molecular flexibility index (Phi) is 6.29. The quantitative estimate of drug-likeness (QED) is 0.557. The molecule has 2 atom stereocenters. The zero-order chi connectivity index (χ0) is 20.9. The van der Waals surface area contributed by atoms with Crippen LogP contribution in [0.2, 0.25) is 0 Å². The fraction of sp³-hybridized carbons (Fsp3) is 0.320. The third-order valence-electron chi connectivity index (χ3n) is 5.93. The van der Waals surface area contributed by atoms with Crippen LogP contribution >= 0.6 is 0 Å². The summed E-state index contributed by atoms with van der Waals surface area (Å²) in [6.45, 7) is 0.549. The van der Waals surface area contributed by atoms with E-state index < -0.39 is 5.97 Å². The molecule has 2 N–H and O–H groups in total. The molecule has 5 heteroatoms. The largest absolute Gasteiger partial charge is 0.482 e. The second-order valence-corrected chi connectivity index (χ2v) is 7.91. The van der Waals surface area contributed by atoms with Crippen LogP contribution in [0.15, 0.2) is 60.7 Å². The molecule has 4 rings (SSSR count). The molecule has 0 bridgehead atoms. The van der Waals surface area contributed by atoms with Crippen LogP contribution in [-0.2, 0) is 11.2 Å². The number of nitrogens with one attached hydrogen (secondary N) is 1. The van der Waals surface area contributed by atoms with Crippen LogP contribution in [0.4, 0.5) is 4.39 Å². The first-order valence-electron chi connectivity index (χ1n) is 10.4. The summed E-state index contributed by atoms with van der Waals surface area (Å²) in [5.74, 6) is -0.0548. The van der Waals surface area contributed by atoms with Gasteiger partial charge in [-0.15, -0.1) is 0 Å². The topological polar surface area (TPSA) is 58.6 Å². The van der Waals surface area contributed by atoms with Gasteiger partial charge in [-0.25, -0.2) is 9.18 Å². The van der Waals surface area contributed by atoms with Gasteiger partial charge in [0, 0.05) is 11.4 Å². The molecule has 2 unspecified atom stereocenters. The molecule has 1 aliphatic rings. The zero-order valence-electron chi connectivity index (χ0n) is 16.8. The van der Waals surface area contributed by atoms with Gasteiger partial charge < -0.3 is 15.2 Å². The predicted octanol–water partition coefficient (Wildman–Crippen LogP) is 4.91. The molecule has 3 aromatic carbocycles. The number of carbonyl (C=O) groups is 1. The maximum absolute atomic E-state index is 14.0. The van der Waals surface area contributed by atoms with Gasteiger partial charge in [0.25, 0.3) is 0 Å². The average Bonchev–Trinajstić information content (AvgIpc) is 3.22. The van der Waals surface area contributed by atoms with E-state index in [2.05, 4.69) is 11.4 Å². The minimum atomic E-state index is -0.975. The van der Waals surface area contributed by atoms with Crippen molar-refractivity contribution >= 4 is 16.7 Å². The molecule has 1 saturated carbocycles. The van der Waals surface area contributed by atoms with E-state index in [0.717, 1.165) is 37.6 Å². The zero-order valence-corrected chi connectivity index (χ0v) is 16.8. The number of ether oxygens (including phenoxy) is 1. The van der Waals surface area contributed by atoms with Crippen molar-refractivity contribution in [3.05, 3.63) is 77.6 Å². The van der Waals surface area contributed by atoms with Gasteiger partial charge in [-0.3, -0.25) is 0 Å². The summed E-state index contributed by atoms with van der Waals surface area (Å²) in [5.41, 5.74) is 2.44. The number of hydrogen-bond donors (Lipinski definition) is 2.